The summed E-state index contributed by atoms with van der Waals surface area (Å²) in [4.78, 5) is 37.2. The van der Waals surface area contributed by atoms with Crippen LogP contribution < -0.4 is 4.74 Å². The highest BCUT2D eigenvalue weighted by molar-refractivity contribution is 6.01. The quantitative estimate of drug-likeness (QED) is 0.598. The van der Waals surface area contributed by atoms with Crippen LogP contribution in [-0.4, -0.2) is 54.3 Å². The van der Waals surface area contributed by atoms with E-state index < -0.39 is 0 Å². The maximum absolute atomic E-state index is 11.7. The highest BCUT2D eigenvalue weighted by Gasteiger charge is 2.33. The zero-order chi connectivity index (χ0) is 14.7. The topological polar surface area (TPSA) is 66.9 Å². The fraction of sp³-hybridized carbons (Fsp3) is 0.357. The molecule has 1 fully saturated rings. The minimum atomic E-state index is -0.321. The van der Waals surface area contributed by atoms with Crippen LogP contribution in [0.3, 0.4) is 0 Å². The molecule has 1 heterocycles. The van der Waals surface area contributed by atoms with Gasteiger partial charge in [-0.15, -0.1) is 0 Å². The molecule has 0 spiro atoms. The summed E-state index contributed by atoms with van der Waals surface area (Å²) < 4.78 is 5.51. The van der Waals surface area contributed by atoms with E-state index in [1.54, 1.807) is 31.3 Å². The number of ketones is 1. The molecule has 3 amide bonds. The van der Waals surface area contributed by atoms with Crippen molar-refractivity contribution in [2.45, 2.75) is 6.92 Å². The number of ether oxygens (including phenoxy) is 1. The largest absolute Gasteiger partial charge is 0.491 e. The third kappa shape index (κ3) is 2.79. The standard InChI is InChI=1S/C14H16N2O4/c1-10(17)11-5-3-4-6-12(11)20-8-7-16-13(18)9-15(2)14(16)19/h3-6H,7-9H2,1-2H3. The monoisotopic (exact) mass is 276 g/mol. The van der Waals surface area contributed by atoms with Gasteiger partial charge in [-0.25, -0.2) is 4.79 Å². The Bertz CT molecular complexity index is 556. The van der Waals surface area contributed by atoms with E-state index in [9.17, 15) is 14.4 Å². The molecule has 0 aromatic heterocycles. The zero-order valence-corrected chi connectivity index (χ0v) is 11.5. The van der Waals surface area contributed by atoms with E-state index in [1.165, 1.54) is 11.8 Å². The van der Waals surface area contributed by atoms with E-state index in [2.05, 4.69) is 0 Å². The van der Waals surface area contributed by atoms with E-state index in [1.807, 2.05) is 0 Å². The molecule has 6 nitrogen and oxygen atoms in total. The number of hydrogen-bond donors (Lipinski definition) is 0. The fourth-order valence-corrected chi connectivity index (χ4v) is 2.02. The molecule has 0 bridgehead atoms. The Kier molecular flexibility index (Phi) is 4.02. The number of Topliss-reactive ketones (excluding diaryl/α,β-unsaturated/α-hetero) is 1. The number of nitrogens with zero attached hydrogens (tertiary/aromatic N) is 2. The van der Waals surface area contributed by atoms with Crippen molar-refractivity contribution >= 4 is 17.7 Å². The number of carbonyl (C=O) groups is 3. The van der Waals surface area contributed by atoms with Gasteiger partial charge in [-0.05, 0) is 19.1 Å². The Morgan fingerprint density at radius 1 is 1.30 bits per heavy atom. The van der Waals surface area contributed by atoms with E-state index >= 15 is 0 Å². The molecule has 0 N–H and O–H groups in total. The molecular formula is C14H16N2O4. The molecule has 0 radical (unpaired) electrons. The van der Waals surface area contributed by atoms with Gasteiger partial charge in [0.05, 0.1) is 12.1 Å². The Morgan fingerprint density at radius 3 is 2.60 bits per heavy atom. The lowest BCUT2D eigenvalue weighted by Gasteiger charge is -2.15. The summed E-state index contributed by atoms with van der Waals surface area (Å²) in [6, 6.07) is 6.57. The minimum Gasteiger partial charge on any atom is -0.491 e. The molecule has 1 aromatic rings. The number of hydrogen-bond acceptors (Lipinski definition) is 4. The van der Waals surface area contributed by atoms with Crippen LogP contribution in [0.4, 0.5) is 4.79 Å². The molecule has 1 aliphatic heterocycles. The van der Waals surface area contributed by atoms with Gasteiger partial charge in [0, 0.05) is 7.05 Å². The highest BCUT2D eigenvalue weighted by atomic mass is 16.5. The summed E-state index contributed by atoms with van der Waals surface area (Å²) >= 11 is 0. The van der Waals surface area contributed by atoms with E-state index in [-0.39, 0.29) is 37.4 Å². The Morgan fingerprint density at radius 2 is 2.00 bits per heavy atom. The van der Waals surface area contributed by atoms with Gasteiger partial charge in [0.25, 0.3) is 0 Å². The summed E-state index contributed by atoms with van der Waals surface area (Å²) in [6.07, 6.45) is 0. The SMILES string of the molecule is CC(=O)c1ccccc1OCCN1C(=O)CN(C)C1=O. The van der Waals surface area contributed by atoms with Crippen LogP contribution in [0.1, 0.15) is 17.3 Å². The van der Waals surface area contributed by atoms with E-state index in [4.69, 9.17) is 4.74 Å². The van der Waals surface area contributed by atoms with Crippen LogP contribution in [-0.2, 0) is 4.79 Å². The Labute approximate surface area is 116 Å². The van der Waals surface area contributed by atoms with Gasteiger partial charge in [0.2, 0.25) is 5.91 Å². The lowest BCUT2D eigenvalue weighted by atomic mass is 10.1. The number of rotatable bonds is 5. The zero-order valence-electron chi connectivity index (χ0n) is 11.5. The van der Waals surface area contributed by atoms with Crippen molar-refractivity contribution in [1.29, 1.82) is 0 Å². The Hall–Kier alpha value is -2.37. The predicted octanol–water partition coefficient (Wildman–Crippen LogP) is 1.16. The summed E-state index contributed by atoms with van der Waals surface area (Å²) in [5, 5.41) is 0. The van der Waals surface area contributed by atoms with Gasteiger partial charge in [-0.1, -0.05) is 12.1 Å². The molecule has 1 saturated heterocycles. The first-order valence-corrected chi connectivity index (χ1v) is 6.29. The van der Waals surface area contributed by atoms with Crippen molar-refractivity contribution in [3.63, 3.8) is 0 Å². The molecule has 6 heteroatoms. The minimum absolute atomic E-state index is 0.0892. The molecule has 20 heavy (non-hydrogen) atoms. The van der Waals surface area contributed by atoms with Crippen LogP contribution in [0.5, 0.6) is 5.75 Å². The van der Waals surface area contributed by atoms with Gasteiger partial charge in [0.15, 0.2) is 5.78 Å². The normalized spacial score (nSPS) is 14.9. The second-order valence-electron chi connectivity index (χ2n) is 4.58. The third-order valence-electron chi connectivity index (χ3n) is 3.07. The van der Waals surface area contributed by atoms with Gasteiger partial charge in [-0.3, -0.25) is 14.5 Å². The second kappa shape index (κ2) is 5.73. The number of urea groups is 1. The maximum atomic E-state index is 11.7. The average molecular weight is 276 g/mol. The highest BCUT2D eigenvalue weighted by Crippen LogP contribution is 2.18. The van der Waals surface area contributed by atoms with Gasteiger partial charge >= 0.3 is 6.03 Å². The number of carbonyl (C=O) groups excluding carboxylic acids is 3. The maximum Gasteiger partial charge on any atom is 0.327 e. The van der Waals surface area contributed by atoms with Crippen molar-refractivity contribution in [2.75, 3.05) is 26.7 Å². The van der Waals surface area contributed by atoms with Crippen LogP contribution >= 0.6 is 0 Å². The number of imide groups is 1. The van der Waals surface area contributed by atoms with Gasteiger partial charge in [0.1, 0.15) is 18.9 Å². The molecule has 0 saturated carbocycles. The van der Waals surface area contributed by atoms with E-state index in [0.717, 1.165) is 4.90 Å². The molecule has 0 unspecified atom stereocenters. The number of amides is 3. The fourth-order valence-electron chi connectivity index (χ4n) is 2.02. The lowest BCUT2D eigenvalue weighted by molar-refractivity contribution is -0.125. The molecule has 1 aromatic carbocycles. The molecule has 1 aliphatic rings. The smallest absolute Gasteiger partial charge is 0.327 e. The van der Waals surface area contributed by atoms with Crippen molar-refractivity contribution < 1.29 is 19.1 Å². The predicted molar refractivity (Wildman–Crippen MR) is 71.7 cm³/mol. The van der Waals surface area contributed by atoms with Crippen LogP contribution in [0, 0.1) is 0 Å². The molecule has 2 rings (SSSR count). The average Bonchev–Trinajstić information content (AvgIpc) is 2.65. The first-order valence-electron chi connectivity index (χ1n) is 6.29. The number of para-hydroxylation sites is 1. The van der Waals surface area contributed by atoms with Crippen molar-refractivity contribution in [1.82, 2.24) is 9.80 Å². The summed E-state index contributed by atoms with van der Waals surface area (Å²) in [5.74, 6) is 0.141. The molecule has 0 aliphatic carbocycles. The molecular weight excluding hydrogens is 260 g/mol. The van der Waals surface area contributed by atoms with Crippen molar-refractivity contribution in [2.24, 2.45) is 0 Å². The lowest BCUT2D eigenvalue weighted by Crippen LogP contribution is -2.35. The van der Waals surface area contributed by atoms with E-state index in [0.29, 0.717) is 11.3 Å². The molecule has 0 atom stereocenters. The summed E-state index contributed by atoms with van der Waals surface area (Å²) in [5.41, 5.74) is 0.490. The second-order valence-corrected chi connectivity index (χ2v) is 4.58. The summed E-state index contributed by atoms with van der Waals surface area (Å²) in [7, 11) is 1.58. The van der Waals surface area contributed by atoms with Crippen LogP contribution in [0.25, 0.3) is 0 Å². The molecule has 106 valence electrons. The van der Waals surface area contributed by atoms with Gasteiger partial charge < -0.3 is 9.64 Å². The number of likely N-dealkylation sites (N-methyl/N-ethyl adjacent to an activating group) is 1. The third-order valence-corrected chi connectivity index (χ3v) is 3.07. The van der Waals surface area contributed by atoms with Crippen LogP contribution in [0.2, 0.25) is 0 Å². The number of benzene rings is 1. The first kappa shape index (κ1) is 14.0. The summed E-state index contributed by atoms with van der Waals surface area (Å²) in [6.45, 7) is 1.90. The van der Waals surface area contributed by atoms with Crippen molar-refractivity contribution in [3.05, 3.63) is 29.8 Å². The first-order chi connectivity index (χ1) is 9.50. The Balaban J connectivity index is 1.95. The van der Waals surface area contributed by atoms with Crippen LogP contribution in [0.15, 0.2) is 24.3 Å². The van der Waals surface area contributed by atoms with Crippen molar-refractivity contribution in [3.8, 4) is 5.75 Å². The van der Waals surface area contributed by atoms with Gasteiger partial charge in [-0.2, -0.15) is 0 Å².